The van der Waals surface area contributed by atoms with E-state index in [0.717, 1.165) is 38.8 Å². The second-order valence-corrected chi connectivity index (χ2v) is 16.0. The van der Waals surface area contributed by atoms with Crippen LogP contribution in [0, 0.1) is 40.7 Å². The van der Waals surface area contributed by atoms with Crippen LogP contribution in [0.2, 0.25) is 0 Å². The molecule has 4 heterocycles. The minimum atomic E-state index is -1.68. The Hall–Kier alpha value is -5.30. The minimum absolute atomic E-state index is 0.0491. The molecule has 3 aromatic carbocycles. The Kier molecular flexibility index (Phi) is 9.73. The minimum Gasteiger partial charge on any atom is -0.508 e. The van der Waals surface area contributed by atoms with E-state index in [1.165, 1.54) is 49.1 Å². The first-order chi connectivity index (χ1) is 26.1. The van der Waals surface area contributed by atoms with Gasteiger partial charge in [0.15, 0.2) is 5.82 Å². The monoisotopic (exact) mass is 748 g/mol. The smallest absolute Gasteiger partial charge is 0.319 e. The van der Waals surface area contributed by atoms with Gasteiger partial charge in [0.2, 0.25) is 5.91 Å². The van der Waals surface area contributed by atoms with Gasteiger partial charge in [0.25, 0.3) is 0 Å². The number of aliphatic hydroxyl groups is 1. The van der Waals surface area contributed by atoms with E-state index in [0.29, 0.717) is 37.2 Å². The summed E-state index contributed by atoms with van der Waals surface area (Å²) in [7, 11) is 1.64. The number of ether oxygens (including phenoxy) is 1. The van der Waals surface area contributed by atoms with Gasteiger partial charge in [0.1, 0.15) is 29.5 Å². The molecule has 2 atom stereocenters. The molecule has 0 spiro atoms. The van der Waals surface area contributed by atoms with Gasteiger partial charge < -0.3 is 24.7 Å². The molecule has 1 amide bonds. The van der Waals surface area contributed by atoms with E-state index in [4.69, 9.17) is 21.1 Å². The molecular weight excluding hydrogens is 703 g/mol. The summed E-state index contributed by atoms with van der Waals surface area (Å²) in [5.41, 5.74) is -2.92. The summed E-state index contributed by atoms with van der Waals surface area (Å²) in [6.07, 6.45) is 12.1. The van der Waals surface area contributed by atoms with Crippen LogP contribution in [-0.2, 0) is 10.4 Å². The van der Waals surface area contributed by atoms with Crippen molar-refractivity contribution in [1.29, 1.82) is 5.26 Å². The van der Waals surface area contributed by atoms with Crippen LogP contribution in [0.25, 0.3) is 32.8 Å². The van der Waals surface area contributed by atoms with Gasteiger partial charge in [-0.25, -0.2) is 8.78 Å². The van der Waals surface area contributed by atoms with Crippen LogP contribution in [0.5, 0.6) is 11.8 Å². The fourth-order valence-electron chi connectivity index (χ4n) is 9.14. The normalized spacial score (nSPS) is 21.2. The number of nitriles is 1. The quantitative estimate of drug-likeness (QED) is 0.148. The highest BCUT2D eigenvalue weighted by Gasteiger charge is 2.46. The van der Waals surface area contributed by atoms with Crippen molar-refractivity contribution in [1.82, 2.24) is 19.8 Å². The lowest BCUT2D eigenvalue weighted by Gasteiger charge is -2.38. The van der Waals surface area contributed by atoms with Gasteiger partial charge in [-0.15, -0.1) is 6.42 Å². The molecule has 0 bridgehead atoms. The number of halogens is 2. The molecule has 3 saturated heterocycles. The highest BCUT2D eigenvalue weighted by Crippen LogP contribution is 2.46. The van der Waals surface area contributed by atoms with Gasteiger partial charge in [0, 0.05) is 36.5 Å². The van der Waals surface area contributed by atoms with E-state index in [1.807, 2.05) is 11.8 Å². The lowest BCUT2D eigenvalue weighted by Crippen LogP contribution is -2.51. The van der Waals surface area contributed by atoms with Gasteiger partial charge in [-0.1, -0.05) is 18.6 Å². The molecule has 10 nitrogen and oxygen atoms in total. The Morgan fingerprint density at radius 3 is 2.53 bits per heavy atom. The van der Waals surface area contributed by atoms with Crippen LogP contribution < -0.4 is 9.64 Å². The third kappa shape index (κ3) is 6.51. The molecule has 0 radical (unpaired) electrons. The van der Waals surface area contributed by atoms with E-state index >= 15 is 8.78 Å². The van der Waals surface area contributed by atoms with Crippen LogP contribution in [0.3, 0.4) is 0 Å². The van der Waals surface area contributed by atoms with Crippen molar-refractivity contribution >= 4 is 33.4 Å². The number of phenolic OH excluding ortho intramolecular Hbond substituents is 1. The van der Waals surface area contributed by atoms with Crippen LogP contribution in [0.1, 0.15) is 70.4 Å². The Balaban J connectivity index is 1.49. The highest BCUT2D eigenvalue weighted by atomic mass is 19.1. The molecule has 1 aromatic heterocycles. The van der Waals surface area contributed by atoms with Crippen LogP contribution in [-0.4, -0.2) is 87.3 Å². The molecule has 12 heteroatoms. The second-order valence-electron chi connectivity index (χ2n) is 16.0. The zero-order valence-corrected chi connectivity index (χ0v) is 31.8. The van der Waals surface area contributed by atoms with Crippen molar-refractivity contribution in [3.05, 3.63) is 65.7 Å². The van der Waals surface area contributed by atoms with E-state index in [9.17, 15) is 20.3 Å². The van der Waals surface area contributed by atoms with E-state index < -0.39 is 28.7 Å². The number of rotatable bonds is 8. The first-order valence-corrected chi connectivity index (χ1v) is 18.8. The predicted molar refractivity (Wildman–Crippen MR) is 207 cm³/mol. The zero-order valence-electron chi connectivity index (χ0n) is 31.8. The standard InChI is InChI=1S/C43H46F2N6O4/c1-7-28-32(44)13-12-26-20-27(52)21-29(35(26)28)36-31(41(3,4)54)22-30-38(37(36)45)47-40(55-25-43-15-10-18-51(43)19-11-16-43)48-39(30)50-17-9-14-42(5,24-46)33(23-50)49(6)34(53)8-2/h1,8,12-13,20-22,33,52,54H,2,9-11,14-19,23,25H2,3-6H3. The summed E-state index contributed by atoms with van der Waals surface area (Å²) in [6.45, 7) is 11.4. The topological polar surface area (TPSA) is 126 Å². The number of fused-ring (bicyclic) bond motifs is 3. The van der Waals surface area contributed by atoms with Crippen LogP contribution >= 0.6 is 0 Å². The Morgan fingerprint density at radius 1 is 1.16 bits per heavy atom. The van der Waals surface area contributed by atoms with Gasteiger partial charge in [-0.2, -0.15) is 15.2 Å². The number of nitrogens with zero attached hydrogens (tertiary/aromatic N) is 6. The van der Waals surface area contributed by atoms with Gasteiger partial charge >= 0.3 is 6.01 Å². The number of amides is 1. The maximum Gasteiger partial charge on any atom is 0.319 e. The molecule has 2 N–H and O–H groups in total. The first-order valence-electron chi connectivity index (χ1n) is 18.8. The zero-order chi connectivity index (χ0) is 39.4. The fraction of sp³-hybridized carbons (Fsp3) is 0.442. The highest BCUT2D eigenvalue weighted by molar-refractivity contribution is 6.05. The molecule has 286 valence electrons. The molecule has 3 aliphatic rings. The van der Waals surface area contributed by atoms with Gasteiger partial charge in [-0.3, -0.25) is 9.69 Å². The molecule has 4 aromatic rings. The summed E-state index contributed by atoms with van der Waals surface area (Å²) < 4.78 is 39.5. The number of likely N-dealkylation sites (N-methyl/N-ethyl adjacent to an activating group) is 1. The second kappa shape index (κ2) is 14.1. The van der Waals surface area contributed by atoms with Crippen molar-refractivity contribution in [2.45, 2.75) is 76.5 Å². The number of phenols is 1. The summed E-state index contributed by atoms with van der Waals surface area (Å²) in [4.78, 5) is 28.5. The molecule has 55 heavy (non-hydrogen) atoms. The number of aromatic nitrogens is 2. The predicted octanol–water partition coefficient (Wildman–Crippen LogP) is 6.79. The van der Waals surface area contributed by atoms with Crippen molar-refractivity contribution < 1.29 is 28.5 Å². The number of carbonyl (C=O) groups excluding carboxylic acids is 1. The number of hydrogen-bond acceptors (Lipinski definition) is 9. The maximum absolute atomic E-state index is 17.8. The van der Waals surface area contributed by atoms with Crippen LogP contribution in [0.4, 0.5) is 14.6 Å². The Morgan fingerprint density at radius 2 is 1.87 bits per heavy atom. The van der Waals surface area contributed by atoms with E-state index in [2.05, 4.69) is 23.5 Å². The number of anilines is 1. The molecule has 3 aliphatic heterocycles. The maximum atomic E-state index is 17.8. The van der Waals surface area contributed by atoms with Crippen molar-refractivity contribution in [2.75, 3.05) is 44.7 Å². The molecule has 2 unspecified atom stereocenters. The summed E-state index contributed by atoms with van der Waals surface area (Å²) >= 11 is 0. The van der Waals surface area contributed by atoms with Crippen molar-refractivity contribution in [3.8, 4) is 41.3 Å². The van der Waals surface area contributed by atoms with Gasteiger partial charge in [-0.05, 0) is 119 Å². The van der Waals surface area contributed by atoms with Gasteiger partial charge in [0.05, 0.1) is 34.2 Å². The third-order valence-corrected chi connectivity index (χ3v) is 12.1. The molecule has 3 fully saturated rings. The van der Waals surface area contributed by atoms with E-state index in [-0.39, 0.29) is 68.3 Å². The van der Waals surface area contributed by atoms with Crippen LogP contribution in [0.15, 0.2) is 43.0 Å². The molecule has 0 aliphatic carbocycles. The number of hydrogen-bond donors (Lipinski definition) is 2. The number of aromatic hydroxyl groups is 1. The Bertz CT molecular complexity index is 2300. The average molecular weight is 749 g/mol. The first kappa shape index (κ1) is 38.0. The summed E-state index contributed by atoms with van der Waals surface area (Å²) in [6, 6.07) is 8.80. The average Bonchev–Trinajstić information content (AvgIpc) is 3.69. The van der Waals surface area contributed by atoms with Crippen molar-refractivity contribution in [3.63, 3.8) is 0 Å². The molecule has 0 saturated carbocycles. The SMILES string of the molecule is C#Cc1c(F)ccc2cc(O)cc(-c3c(C(C)(C)O)cc4c(N5CCCC(C)(C#N)C(N(C)C(=O)C=C)C5)nc(OCC56CCCN5CCC6)nc4c3F)c12. The lowest BCUT2D eigenvalue weighted by molar-refractivity contribution is -0.128. The summed E-state index contributed by atoms with van der Waals surface area (Å²) in [5, 5.41) is 33.8. The fourth-order valence-corrected chi connectivity index (χ4v) is 9.14. The Labute approximate surface area is 320 Å². The molecular formula is C43H46F2N6O4. The van der Waals surface area contributed by atoms with Crippen molar-refractivity contribution in [2.24, 2.45) is 5.41 Å². The largest absolute Gasteiger partial charge is 0.508 e. The number of benzene rings is 3. The number of carbonyl (C=O) groups is 1. The molecule has 7 rings (SSSR count). The number of terminal acetylenes is 1. The summed E-state index contributed by atoms with van der Waals surface area (Å²) in [5.74, 6) is 0.603. The lowest BCUT2D eigenvalue weighted by atomic mass is 9.79. The van der Waals surface area contributed by atoms with E-state index in [1.54, 1.807) is 13.1 Å². The third-order valence-electron chi connectivity index (χ3n) is 12.1.